The first-order valence-corrected chi connectivity index (χ1v) is 11.7. The van der Waals surface area contributed by atoms with E-state index in [1.54, 1.807) is 0 Å². The number of rotatable bonds is 8. The van der Waals surface area contributed by atoms with Crippen LogP contribution in [0.15, 0.2) is 63.6 Å². The largest absolute Gasteiger partial charge is 0.373 e. The maximum Gasteiger partial charge on any atom is 0.241 e. The van der Waals surface area contributed by atoms with Crippen molar-refractivity contribution in [3.05, 3.63) is 65.0 Å². The lowest BCUT2D eigenvalue weighted by molar-refractivity contribution is -0.126. The van der Waals surface area contributed by atoms with Gasteiger partial charge in [-0.25, -0.2) is 0 Å². The highest BCUT2D eigenvalue weighted by atomic mass is 79.9. The molecule has 0 spiro atoms. The molecule has 2 aromatic carbocycles. The number of nitrogens with one attached hydrogen (secondary N) is 1. The van der Waals surface area contributed by atoms with Crippen LogP contribution >= 0.6 is 15.9 Å². The van der Waals surface area contributed by atoms with E-state index in [9.17, 15) is 4.79 Å². The van der Waals surface area contributed by atoms with Crippen LogP contribution < -0.4 is 10.2 Å². The third-order valence-electron chi connectivity index (χ3n) is 5.83. The summed E-state index contributed by atoms with van der Waals surface area (Å²) in [6.45, 7) is 3.73. The highest BCUT2D eigenvalue weighted by Crippen LogP contribution is 2.22. The molecule has 1 saturated heterocycles. The van der Waals surface area contributed by atoms with Gasteiger partial charge in [-0.1, -0.05) is 39.3 Å². The molecule has 0 aliphatic carbocycles. The molecule has 2 heterocycles. The molecule has 1 N–H and O–H groups in total. The fourth-order valence-electron chi connectivity index (χ4n) is 3.88. The Morgan fingerprint density at radius 1 is 1.16 bits per heavy atom. The summed E-state index contributed by atoms with van der Waals surface area (Å²) in [6, 6.07) is 18.0. The molecule has 168 valence electrons. The number of aromatic nitrogens is 2. The molecule has 1 fully saturated rings. The van der Waals surface area contributed by atoms with E-state index in [0.29, 0.717) is 24.8 Å². The minimum absolute atomic E-state index is 0.0642. The molecule has 0 radical (unpaired) electrons. The van der Waals surface area contributed by atoms with Gasteiger partial charge in [0, 0.05) is 41.8 Å². The second-order valence-corrected chi connectivity index (χ2v) is 9.03. The van der Waals surface area contributed by atoms with Crippen LogP contribution in [0.1, 0.15) is 18.7 Å². The molecule has 3 aromatic rings. The van der Waals surface area contributed by atoms with E-state index in [-0.39, 0.29) is 11.8 Å². The number of carbonyl (C=O) groups is 1. The molecule has 0 unspecified atom stereocenters. The molecular weight excluding hydrogens is 470 g/mol. The average molecular weight is 498 g/mol. The Bertz CT molecular complexity index is 1000. The summed E-state index contributed by atoms with van der Waals surface area (Å²) in [5, 5.41) is 7.20. The second kappa shape index (κ2) is 10.7. The van der Waals surface area contributed by atoms with Crippen LogP contribution in [0.4, 0.5) is 5.69 Å². The van der Waals surface area contributed by atoms with Crippen molar-refractivity contribution >= 4 is 27.5 Å². The lowest BCUT2D eigenvalue weighted by atomic mass is 9.96. The minimum atomic E-state index is 0.0642. The highest BCUT2D eigenvalue weighted by Gasteiger charge is 2.26. The molecule has 1 aliphatic heterocycles. The SMILES string of the molecule is CN(CCNC(=O)C1CCN(Cc2nc(-c3ccc(Br)cc3)no2)CC1)c1ccccc1. The van der Waals surface area contributed by atoms with Crippen LogP contribution in [0, 0.1) is 5.92 Å². The first-order valence-electron chi connectivity index (χ1n) is 10.9. The quantitative estimate of drug-likeness (QED) is 0.507. The van der Waals surface area contributed by atoms with Crippen LogP contribution in [0.5, 0.6) is 0 Å². The number of amides is 1. The summed E-state index contributed by atoms with van der Waals surface area (Å²) in [5.74, 6) is 1.42. The molecule has 32 heavy (non-hydrogen) atoms. The zero-order valence-electron chi connectivity index (χ0n) is 18.2. The molecule has 1 aliphatic rings. The predicted octanol–water partition coefficient (Wildman–Crippen LogP) is 3.96. The third-order valence-corrected chi connectivity index (χ3v) is 6.36. The van der Waals surface area contributed by atoms with E-state index in [0.717, 1.165) is 48.2 Å². The lowest BCUT2D eigenvalue weighted by Crippen LogP contribution is -2.42. The minimum Gasteiger partial charge on any atom is -0.373 e. The molecule has 7 nitrogen and oxygen atoms in total. The fraction of sp³-hybridized carbons (Fsp3) is 0.375. The van der Waals surface area contributed by atoms with Crippen molar-refractivity contribution in [3.8, 4) is 11.4 Å². The molecule has 0 bridgehead atoms. The van der Waals surface area contributed by atoms with E-state index in [1.807, 2.05) is 49.5 Å². The smallest absolute Gasteiger partial charge is 0.241 e. The summed E-state index contributed by atoms with van der Waals surface area (Å²) in [7, 11) is 2.04. The van der Waals surface area contributed by atoms with Crippen LogP contribution in [0.25, 0.3) is 11.4 Å². The van der Waals surface area contributed by atoms with E-state index in [4.69, 9.17) is 4.52 Å². The first kappa shape index (κ1) is 22.5. The number of halogens is 1. The molecule has 0 saturated carbocycles. The van der Waals surface area contributed by atoms with Gasteiger partial charge in [0.15, 0.2) is 0 Å². The maximum atomic E-state index is 12.6. The van der Waals surface area contributed by atoms with Crippen molar-refractivity contribution in [2.75, 3.05) is 38.1 Å². The Kier molecular flexibility index (Phi) is 7.55. The molecule has 0 atom stereocenters. The van der Waals surface area contributed by atoms with Crippen molar-refractivity contribution in [1.82, 2.24) is 20.4 Å². The number of piperidine rings is 1. The number of benzene rings is 2. The number of carbonyl (C=O) groups excluding carboxylic acids is 1. The zero-order chi connectivity index (χ0) is 22.3. The van der Waals surface area contributed by atoms with Gasteiger partial charge in [-0.2, -0.15) is 4.98 Å². The summed E-state index contributed by atoms with van der Waals surface area (Å²) in [6.07, 6.45) is 1.68. The average Bonchev–Trinajstić information content (AvgIpc) is 3.29. The van der Waals surface area contributed by atoms with Crippen molar-refractivity contribution in [2.45, 2.75) is 19.4 Å². The number of hydrogen-bond acceptors (Lipinski definition) is 6. The summed E-state index contributed by atoms with van der Waals surface area (Å²) < 4.78 is 6.45. The Morgan fingerprint density at radius 3 is 2.59 bits per heavy atom. The number of likely N-dealkylation sites (tertiary alicyclic amines) is 1. The number of likely N-dealkylation sites (N-methyl/N-ethyl adjacent to an activating group) is 1. The van der Waals surface area contributed by atoms with Gasteiger partial charge in [0.25, 0.3) is 0 Å². The predicted molar refractivity (Wildman–Crippen MR) is 128 cm³/mol. The van der Waals surface area contributed by atoms with Crippen molar-refractivity contribution in [2.24, 2.45) is 5.92 Å². The Balaban J connectivity index is 1.19. The van der Waals surface area contributed by atoms with Crippen molar-refractivity contribution in [3.63, 3.8) is 0 Å². The van der Waals surface area contributed by atoms with Gasteiger partial charge in [-0.3, -0.25) is 9.69 Å². The van der Waals surface area contributed by atoms with Gasteiger partial charge in [0.05, 0.1) is 6.54 Å². The summed E-state index contributed by atoms with van der Waals surface area (Å²) in [4.78, 5) is 21.5. The Morgan fingerprint density at radius 2 is 1.88 bits per heavy atom. The Labute approximate surface area is 196 Å². The van der Waals surface area contributed by atoms with Crippen molar-refractivity contribution in [1.29, 1.82) is 0 Å². The van der Waals surface area contributed by atoms with Gasteiger partial charge in [-0.15, -0.1) is 0 Å². The van der Waals surface area contributed by atoms with Gasteiger partial charge >= 0.3 is 0 Å². The summed E-state index contributed by atoms with van der Waals surface area (Å²) >= 11 is 3.43. The van der Waals surface area contributed by atoms with Gasteiger partial charge in [0.2, 0.25) is 17.6 Å². The Hall–Kier alpha value is -2.71. The normalized spacial score (nSPS) is 14.9. The maximum absolute atomic E-state index is 12.6. The second-order valence-electron chi connectivity index (χ2n) is 8.12. The molecule has 4 rings (SSSR count). The standard InChI is InChI=1S/C24H28BrN5O2/c1-29(21-5-3-2-4-6-21)16-13-26-24(31)19-11-14-30(15-12-19)17-22-27-23(28-32-22)18-7-9-20(25)10-8-18/h2-10,19H,11-17H2,1H3,(H,26,31). The number of nitrogens with zero attached hydrogens (tertiary/aromatic N) is 4. The van der Waals surface area contributed by atoms with Crippen LogP contribution in [0.2, 0.25) is 0 Å². The van der Waals surface area contributed by atoms with Gasteiger partial charge in [-0.05, 0) is 62.3 Å². The van der Waals surface area contributed by atoms with E-state index < -0.39 is 0 Å². The summed E-state index contributed by atoms with van der Waals surface area (Å²) in [5.41, 5.74) is 2.08. The molecular formula is C24H28BrN5O2. The number of hydrogen-bond donors (Lipinski definition) is 1. The van der Waals surface area contributed by atoms with Crippen molar-refractivity contribution < 1.29 is 9.32 Å². The monoisotopic (exact) mass is 497 g/mol. The lowest BCUT2D eigenvalue weighted by Gasteiger charge is -2.30. The fourth-order valence-corrected chi connectivity index (χ4v) is 4.15. The van der Waals surface area contributed by atoms with Crippen LogP contribution in [-0.4, -0.2) is 54.2 Å². The van der Waals surface area contributed by atoms with E-state index in [2.05, 4.69) is 53.3 Å². The molecule has 8 heteroatoms. The third kappa shape index (κ3) is 5.95. The van der Waals surface area contributed by atoms with Crippen LogP contribution in [-0.2, 0) is 11.3 Å². The first-order chi connectivity index (χ1) is 15.6. The number of para-hydroxylation sites is 1. The number of anilines is 1. The highest BCUT2D eigenvalue weighted by molar-refractivity contribution is 9.10. The van der Waals surface area contributed by atoms with Gasteiger partial charge in [0.1, 0.15) is 0 Å². The van der Waals surface area contributed by atoms with E-state index >= 15 is 0 Å². The van der Waals surface area contributed by atoms with Gasteiger partial charge < -0.3 is 14.7 Å². The zero-order valence-corrected chi connectivity index (χ0v) is 19.8. The molecule has 1 aromatic heterocycles. The van der Waals surface area contributed by atoms with Crippen LogP contribution in [0.3, 0.4) is 0 Å². The van der Waals surface area contributed by atoms with E-state index in [1.165, 1.54) is 0 Å². The topological polar surface area (TPSA) is 74.5 Å². The molecule has 1 amide bonds.